The van der Waals surface area contributed by atoms with Crippen LogP contribution in [0.2, 0.25) is 0 Å². The first kappa shape index (κ1) is 7.10. The Balaban J connectivity index is 2.67. The van der Waals surface area contributed by atoms with Gasteiger partial charge < -0.3 is 5.32 Å². The number of nitrogens with one attached hydrogen (secondary N) is 2. The number of hydrogen-bond acceptors (Lipinski definition) is 1. The van der Waals surface area contributed by atoms with Gasteiger partial charge in [-0.3, -0.25) is 0 Å². The highest BCUT2D eigenvalue weighted by atomic mass is 14.8. The maximum absolute atomic E-state index is 3.21. The molecule has 2 nitrogen and oxygen atoms in total. The molecule has 1 aromatic heterocycles. The van der Waals surface area contributed by atoms with Crippen LogP contribution in [0.3, 0.4) is 0 Å². The van der Waals surface area contributed by atoms with Gasteiger partial charge in [-0.25, -0.2) is 4.98 Å². The Labute approximate surface area is 71.2 Å². The van der Waals surface area contributed by atoms with Crippen molar-refractivity contribution in [1.29, 1.82) is 0 Å². The summed E-state index contributed by atoms with van der Waals surface area (Å²) in [4.78, 5) is 3.21. The third kappa shape index (κ3) is 1.11. The monoisotopic (exact) mass is 159 g/mol. The van der Waals surface area contributed by atoms with Crippen molar-refractivity contribution in [1.82, 2.24) is 0 Å². The lowest BCUT2D eigenvalue weighted by molar-refractivity contribution is -0.343. The lowest BCUT2D eigenvalue weighted by atomic mass is 10.2. The van der Waals surface area contributed by atoms with Crippen molar-refractivity contribution in [3.63, 3.8) is 0 Å². The number of fused-ring (bicyclic) bond motifs is 1. The summed E-state index contributed by atoms with van der Waals surface area (Å²) in [7, 11) is 1.91. The van der Waals surface area contributed by atoms with E-state index in [9.17, 15) is 0 Å². The lowest BCUT2D eigenvalue weighted by Crippen LogP contribution is -2.04. The molecular weight excluding hydrogens is 148 g/mol. The second-order valence-corrected chi connectivity index (χ2v) is 2.73. The third-order valence-corrected chi connectivity index (χ3v) is 1.94. The minimum atomic E-state index is 1.11. The van der Waals surface area contributed by atoms with Gasteiger partial charge in [0.1, 0.15) is 0 Å². The lowest BCUT2D eigenvalue weighted by Gasteiger charge is -1.95. The van der Waals surface area contributed by atoms with Gasteiger partial charge in [-0.05, 0) is 12.1 Å². The molecule has 0 unspecified atom stereocenters. The van der Waals surface area contributed by atoms with Crippen molar-refractivity contribution >= 4 is 16.6 Å². The Bertz CT molecular complexity index is 396. The van der Waals surface area contributed by atoms with Crippen molar-refractivity contribution in [2.45, 2.75) is 0 Å². The third-order valence-electron chi connectivity index (χ3n) is 1.94. The fourth-order valence-electron chi connectivity index (χ4n) is 1.26. The number of rotatable bonds is 1. The molecule has 0 aliphatic carbocycles. The smallest absolute Gasteiger partial charge is 0.210 e. The minimum Gasteiger partial charge on any atom is -0.383 e. The molecule has 0 amide bonds. The van der Waals surface area contributed by atoms with Gasteiger partial charge in [0.15, 0.2) is 6.20 Å². The Hall–Kier alpha value is -1.57. The predicted molar refractivity (Wildman–Crippen MR) is 50.1 cm³/mol. The first-order valence-corrected chi connectivity index (χ1v) is 3.98. The van der Waals surface area contributed by atoms with Gasteiger partial charge in [-0.1, -0.05) is 12.1 Å². The zero-order chi connectivity index (χ0) is 8.39. The molecular formula is C10H11N2+. The first-order chi connectivity index (χ1) is 5.90. The Morgan fingerprint density at radius 1 is 1.25 bits per heavy atom. The molecule has 2 aromatic rings. The number of H-pyrrole nitrogens is 1. The summed E-state index contributed by atoms with van der Waals surface area (Å²) >= 11 is 0. The number of pyridine rings is 1. The van der Waals surface area contributed by atoms with E-state index in [1.165, 1.54) is 5.39 Å². The van der Waals surface area contributed by atoms with Gasteiger partial charge in [0.2, 0.25) is 5.52 Å². The van der Waals surface area contributed by atoms with Crippen LogP contribution in [0.5, 0.6) is 0 Å². The fourth-order valence-corrected chi connectivity index (χ4v) is 1.26. The summed E-state index contributed by atoms with van der Waals surface area (Å²) in [6.45, 7) is 0. The van der Waals surface area contributed by atoms with Crippen LogP contribution in [0.15, 0.2) is 36.5 Å². The molecule has 0 fully saturated rings. The normalized spacial score (nSPS) is 10.1. The van der Waals surface area contributed by atoms with Crippen LogP contribution < -0.4 is 10.3 Å². The highest BCUT2D eigenvalue weighted by Crippen LogP contribution is 2.12. The van der Waals surface area contributed by atoms with Gasteiger partial charge in [0, 0.05) is 18.5 Å². The molecule has 2 rings (SSSR count). The van der Waals surface area contributed by atoms with Crippen LogP contribution in [-0.4, -0.2) is 7.05 Å². The van der Waals surface area contributed by atoms with E-state index in [1.807, 2.05) is 25.4 Å². The van der Waals surface area contributed by atoms with Gasteiger partial charge in [0.05, 0.1) is 5.69 Å². The molecule has 60 valence electrons. The topological polar surface area (TPSA) is 26.2 Å². The number of aromatic nitrogens is 1. The van der Waals surface area contributed by atoms with E-state index < -0.39 is 0 Å². The van der Waals surface area contributed by atoms with Crippen molar-refractivity contribution in [2.24, 2.45) is 0 Å². The standard InChI is InChI=1S/C10H10N2/c1-11-9-6-8-4-2-3-5-10(8)12-7-9/h2-7,11H,1H3/p+1. The zero-order valence-electron chi connectivity index (χ0n) is 6.96. The van der Waals surface area contributed by atoms with Gasteiger partial charge in [-0.2, -0.15) is 0 Å². The molecule has 0 aliphatic rings. The summed E-state index contributed by atoms with van der Waals surface area (Å²) in [5, 5.41) is 4.31. The van der Waals surface area contributed by atoms with Gasteiger partial charge >= 0.3 is 0 Å². The molecule has 0 radical (unpaired) electrons. The van der Waals surface area contributed by atoms with Gasteiger partial charge in [0.25, 0.3) is 0 Å². The summed E-state index contributed by atoms with van der Waals surface area (Å²) in [5.41, 5.74) is 2.27. The summed E-state index contributed by atoms with van der Waals surface area (Å²) < 4.78 is 0. The number of para-hydroxylation sites is 1. The van der Waals surface area contributed by atoms with Crippen LogP contribution in [-0.2, 0) is 0 Å². The average molecular weight is 159 g/mol. The molecule has 2 heteroatoms. The van der Waals surface area contributed by atoms with Gasteiger partial charge in [-0.15, -0.1) is 0 Å². The summed E-state index contributed by atoms with van der Waals surface area (Å²) in [6.07, 6.45) is 1.96. The zero-order valence-corrected chi connectivity index (χ0v) is 6.96. The number of aromatic amines is 1. The Morgan fingerprint density at radius 3 is 2.92 bits per heavy atom. The van der Waals surface area contributed by atoms with E-state index in [0.717, 1.165) is 11.2 Å². The molecule has 0 saturated heterocycles. The van der Waals surface area contributed by atoms with Crippen LogP contribution in [0.25, 0.3) is 10.9 Å². The first-order valence-electron chi connectivity index (χ1n) is 3.98. The number of anilines is 1. The number of hydrogen-bond donors (Lipinski definition) is 1. The van der Waals surface area contributed by atoms with E-state index in [0.29, 0.717) is 0 Å². The molecule has 0 spiro atoms. The SMILES string of the molecule is CNc1c[nH+]c2ccccc2c1. The van der Waals surface area contributed by atoms with Crippen molar-refractivity contribution in [3.05, 3.63) is 36.5 Å². The Morgan fingerprint density at radius 2 is 2.08 bits per heavy atom. The molecule has 0 aliphatic heterocycles. The highest BCUT2D eigenvalue weighted by Gasteiger charge is 1.99. The maximum Gasteiger partial charge on any atom is 0.210 e. The van der Waals surface area contributed by atoms with Crippen molar-refractivity contribution in [2.75, 3.05) is 12.4 Å². The Kier molecular flexibility index (Phi) is 1.67. The molecule has 0 bridgehead atoms. The number of benzene rings is 1. The van der Waals surface area contributed by atoms with Crippen molar-refractivity contribution < 1.29 is 4.98 Å². The summed E-state index contributed by atoms with van der Waals surface area (Å²) in [6, 6.07) is 10.3. The minimum absolute atomic E-state index is 1.11. The van der Waals surface area contributed by atoms with E-state index in [-0.39, 0.29) is 0 Å². The molecule has 2 N–H and O–H groups in total. The van der Waals surface area contributed by atoms with E-state index in [4.69, 9.17) is 0 Å². The molecule has 0 atom stereocenters. The van der Waals surface area contributed by atoms with Crippen molar-refractivity contribution in [3.8, 4) is 0 Å². The second kappa shape index (κ2) is 2.81. The van der Waals surface area contributed by atoms with E-state index >= 15 is 0 Å². The predicted octanol–water partition coefficient (Wildman–Crippen LogP) is 1.70. The molecule has 0 saturated carbocycles. The van der Waals surface area contributed by atoms with E-state index in [1.54, 1.807) is 0 Å². The fraction of sp³-hybridized carbons (Fsp3) is 0.100. The quantitative estimate of drug-likeness (QED) is 0.673. The van der Waals surface area contributed by atoms with Crippen LogP contribution in [0.1, 0.15) is 0 Å². The van der Waals surface area contributed by atoms with E-state index in [2.05, 4.69) is 28.5 Å². The summed E-state index contributed by atoms with van der Waals surface area (Å²) in [5.74, 6) is 0. The molecule has 1 heterocycles. The van der Waals surface area contributed by atoms with Crippen LogP contribution >= 0.6 is 0 Å². The largest absolute Gasteiger partial charge is 0.383 e. The highest BCUT2D eigenvalue weighted by molar-refractivity contribution is 5.78. The van der Waals surface area contributed by atoms with Crippen LogP contribution in [0, 0.1) is 0 Å². The maximum atomic E-state index is 3.21. The molecule has 1 aromatic carbocycles. The molecule has 12 heavy (non-hydrogen) atoms. The van der Waals surface area contributed by atoms with Crippen LogP contribution in [0.4, 0.5) is 5.69 Å². The average Bonchev–Trinajstić information content (AvgIpc) is 2.17. The second-order valence-electron chi connectivity index (χ2n) is 2.73.